The minimum Gasteiger partial charge on any atom is -0.464 e. The third kappa shape index (κ3) is 1.92. The van der Waals surface area contributed by atoms with Crippen molar-refractivity contribution in [2.24, 2.45) is 11.1 Å². The van der Waals surface area contributed by atoms with Gasteiger partial charge in [0, 0.05) is 0 Å². The van der Waals surface area contributed by atoms with Crippen LogP contribution in [0.25, 0.3) is 0 Å². The summed E-state index contributed by atoms with van der Waals surface area (Å²) in [5.41, 5.74) is 3.73. The monoisotopic (exact) mass is 186 g/mol. The second-order valence-corrected chi connectivity index (χ2v) is 2.76. The first-order valence-corrected chi connectivity index (χ1v) is 3.78. The van der Waals surface area contributed by atoms with Crippen LogP contribution in [0.1, 0.15) is 13.8 Å². The minimum absolute atomic E-state index is 0.163. The number of hydrogen-bond donors (Lipinski definition) is 1. The van der Waals surface area contributed by atoms with Gasteiger partial charge in [0.15, 0.2) is 0 Å². The van der Waals surface area contributed by atoms with E-state index in [1.54, 1.807) is 13.0 Å². The van der Waals surface area contributed by atoms with Gasteiger partial charge in [-0.2, -0.15) is 5.26 Å². The predicted octanol–water partition coefficient (Wildman–Crippen LogP) is 0.365. The Morgan fingerprint density at radius 2 is 2.33 bits per heavy atom. The van der Waals surface area contributed by atoms with Gasteiger partial charge in [-0.3, -0.25) is 0 Å². The van der Waals surface area contributed by atoms with E-state index < -0.39 is 11.4 Å². The van der Waals surface area contributed by atoms with Crippen molar-refractivity contribution in [2.45, 2.75) is 13.8 Å². The molecular weight excluding hydrogens is 176 g/mol. The Kier molecular flexibility index (Phi) is 3.64. The summed E-state index contributed by atoms with van der Waals surface area (Å²) >= 11 is 4.57. The first-order chi connectivity index (χ1) is 5.49. The maximum Gasteiger partial charge on any atom is 0.333 e. The van der Waals surface area contributed by atoms with Gasteiger partial charge in [0.05, 0.1) is 12.7 Å². The fraction of sp³-hybridized carbons (Fsp3) is 0.571. The molecule has 1 unspecified atom stereocenters. The third-order valence-electron chi connectivity index (χ3n) is 1.40. The second kappa shape index (κ2) is 4.02. The van der Waals surface area contributed by atoms with Crippen LogP contribution in [0.5, 0.6) is 0 Å². The Balaban J connectivity index is 4.67. The molecule has 0 radical (unpaired) electrons. The molecular formula is C7H10N2O2S. The number of esters is 1. The van der Waals surface area contributed by atoms with E-state index in [9.17, 15) is 4.79 Å². The van der Waals surface area contributed by atoms with Crippen molar-refractivity contribution in [1.29, 1.82) is 5.26 Å². The van der Waals surface area contributed by atoms with Crippen LogP contribution in [0, 0.1) is 16.7 Å². The first kappa shape index (κ1) is 10.8. The molecule has 0 saturated heterocycles. The maximum absolute atomic E-state index is 11.1. The van der Waals surface area contributed by atoms with Crippen LogP contribution < -0.4 is 5.73 Å². The number of nitrogens with two attached hydrogens (primary N) is 1. The standard InChI is InChI=1S/C7H10N2O2S/c1-3-11-6(10)7(2,4-8)5(9)12/h3H2,1-2H3,(H2,9,12). The topological polar surface area (TPSA) is 76.1 Å². The molecule has 0 aromatic rings. The lowest BCUT2D eigenvalue weighted by atomic mass is 9.93. The molecule has 0 fully saturated rings. The van der Waals surface area contributed by atoms with E-state index in [1.165, 1.54) is 6.92 Å². The lowest BCUT2D eigenvalue weighted by Gasteiger charge is -2.16. The summed E-state index contributed by atoms with van der Waals surface area (Å²) in [6.07, 6.45) is 0. The lowest BCUT2D eigenvalue weighted by Crippen LogP contribution is -2.40. The van der Waals surface area contributed by atoms with E-state index in [0.29, 0.717) is 0 Å². The van der Waals surface area contributed by atoms with Gasteiger partial charge >= 0.3 is 5.97 Å². The molecule has 0 aliphatic rings. The molecule has 2 N–H and O–H groups in total. The van der Waals surface area contributed by atoms with Crippen LogP contribution in [0.4, 0.5) is 0 Å². The molecule has 0 spiro atoms. The molecule has 0 aromatic carbocycles. The Hall–Kier alpha value is -1.15. The predicted molar refractivity (Wildman–Crippen MR) is 47.1 cm³/mol. The minimum atomic E-state index is -1.49. The highest BCUT2D eigenvalue weighted by Crippen LogP contribution is 2.17. The molecule has 0 amide bonds. The van der Waals surface area contributed by atoms with E-state index in [0.717, 1.165) is 0 Å². The molecule has 0 aromatic heterocycles. The normalized spacial score (nSPS) is 14.1. The average Bonchev–Trinajstić information content (AvgIpc) is 2.03. The van der Waals surface area contributed by atoms with Gasteiger partial charge in [0.2, 0.25) is 5.41 Å². The van der Waals surface area contributed by atoms with Crippen molar-refractivity contribution >= 4 is 23.2 Å². The van der Waals surface area contributed by atoms with Gasteiger partial charge in [0.1, 0.15) is 4.99 Å². The number of ether oxygens (including phenoxy) is 1. The van der Waals surface area contributed by atoms with Gasteiger partial charge in [-0.25, -0.2) is 4.79 Å². The number of hydrogen-bond acceptors (Lipinski definition) is 4. The highest BCUT2D eigenvalue weighted by molar-refractivity contribution is 7.80. The largest absolute Gasteiger partial charge is 0.464 e. The smallest absolute Gasteiger partial charge is 0.333 e. The van der Waals surface area contributed by atoms with Crippen LogP contribution >= 0.6 is 12.2 Å². The van der Waals surface area contributed by atoms with Crippen LogP contribution in [-0.4, -0.2) is 17.6 Å². The molecule has 66 valence electrons. The highest BCUT2D eigenvalue weighted by atomic mass is 32.1. The quantitative estimate of drug-likeness (QED) is 0.509. The number of carbonyl (C=O) groups excluding carboxylic acids is 1. The number of carbonyl (C=O) groups is 1. The molecule has 12 heavy (non-hydrogen) atoms. The number of nitriles is 1. The lowest BCUT2D eigenvalue weighted by molar-refractivity contribution is -0.147. The van der Waals surface area contributed by atoms with Crippen LogP contribution in [-0.2, 0) is 9.53 Å². The van der Waals surface area contributed by atoms with Crippen LogP contribution in [0.15, 0.2) is 0 Å². The molecule has 0 bridgehead atoms. The zero-order valence-corrected chi connectivity index (χ0v) is 7.77. The highest BCUT2D eigenvalue weighted by Gasteiger charge is 2.38. The summed E-state index contributed by atoms with van der Waals surface area (Å²) in [7, 11) is 0. The molecule has 4 nitrogen and oxygen atoms in total. The average molecular weight is 186 g/mol. The van der Waals surface area contributed by atoms with Gasteiger partial charge in [-0.1, -0.05) is 12.2 Å². The van der Waals surface area contributed by atoms with Crippen LogP contribution in [0.3, 0.4) is 0 Å². The first-order valence-electron chi connectivity index (χ1n) is 3.37. The molecule has 0 saturated carbocycles. The van der Waals surface area contributed by atoms with Gasteiger partial charge in [0.25, 0.3) is 0 Å². The van der Waals surface area contributed by atoms with Crippen molar-refractivity contribution in [1.82, 2.24) is 0 Å². The van der Waals surface area contributed by atoms with Crippen molar-refractivity contribution in [3.63, 3.8) is 0 Å². The summed E-state index contributed by atoms with van der Waals surface area (Å²) in [4.78, 5) is 11.0. The molecule has 0 rings (SSSR count). The Labute approximate surface area is 76.3 Å². The summed E-state index contributed by atoms with van der Waals surface area (Å²) in [5.74, 6) is -0.694. The number of thiocarbonyl (C=S) groups is 1. The molecule has 0 heterocycles. The SMILES string of the molecule is CCOC(=O)C(C)(C#N)C(N)=S. The summed E-state index contributed by atoms with van der Waals surface area (Å²) < 4.78 is 4.63. The Bertz CT molecular complexity index is 246. The fourth-order valence-electron chi connectivity index (χ4n) is 0.477. The van der Waals surface area contributed by atoms with Crippen molar-refractivity contribution in [2.75, 3.05) is 6.61 Å². The zero-order chi connectivity index (χ0) is 9.78. The van der Waals surface area contributed by atoms with E-state index in [4.69, 9.17) is 11.0 Å². The Morgan fingerprint density at radius 3 is 2.58 bits per heavy atom. The second-order valence-electron chi connectivity index (χ2n) is 2.32. The van der Waals surface area contributed by atoms with E-state index in [2.05, 4.69) is 17.0 Å². The maximum atomic E-state index is 11.1. The Morgan fingerprint density at radius 1 is 1.83 bits per heavy atom. The van der Waals surface area contributed by atoms with Gasteiger partial charge in [-0.05, 0) is 13.8 Å². The summed E-state index contributed by atoms with van der Waals surface area (Å²) in [5, 5.41) is 8.63. The van der Waals surface area contributed by atoms with Gasteiger partial charge in [-0.15, -0.1) is 0 Å². The number of rotatable bonds is 3. The van der Waals surface area contributed by atoms with Crippen molar-refractivity contribution in [3.8, 4) is 6.07 Å². The van der Waals surface area contributed by atoms with Crippen molar-refractivity contribution in [3.05, 3.63) is 0 Å². The van der Waals surface area contributed by atoms with Crippen LogP contribution in [0.2, 0.25) is 0 Å². The molecule has 0 aliphatic carbocycles. The fourth-order valence-corrected chi connectivity index (χ4v) is 0.606. The molecule has 5 heteroatoms. The van der Waals surface area contributed by atoms with Crippen molar-refractivity contribution < 1.29 is 9.53 Å². The molecule has 1 atom stereocenters. The van der Waals surface area contributed by atoms with E-state index in [1.807, 2.05) is 0 Å². The zero-order valence-electron chi connectivity index (χ0n) is 6.96. The third-order valence-corrected chi connectivity index (χ3v) is 1.81. The summed E-state index contributed by atoms with van der Waals surface area (Å²) in [6.45, 7) is 3.20. The van der Waals surface area contributed by atoms with Gasteiger partial charge < -0.3 is 10.5 Å². The summed E-state index contributed by atoms with van der Waals surface area (Å²) in [6, 6.07) is 1.72. The van der Waals surface area contributed by atoms with E-state index >= 15 is 0 Å². The van der Waals surface area contributed by atoms with E-state index in [-0.39, 0.29) is 11.6 Å². The molecule has 0 aliphatic heterocycles. The number of nitrogens with zero attached hydrogens (tertiary/aromatic N) is 1.